The molecule has 1 amide bonds. The van der Waals surface area contributed by atoms with E-state index in [4.69, 9.17) is 0 Å². The minimum atomic E-state index is -2.65. The largest absolute Gasteiger partial charge is 0.350 e. The highest BCUT2D eigenvalue weighted by Gasteiger charge is 2.15. The van der Waals surface area contributed by atoms with E-state index in [0.29, 0.717) is 0 Å². The number of hydrogen-bond acceptors (Lipinski definition) is 5. The number of fused-ring (bicyclic) bond motifs is 1. The molecule has 0 bridgehead atoms. The van der Waals surface area contributed by atoms with E-state index in [0.717, 1.165) is 10.7 Å². The van der Waals surface area contributed by atoms with Crippen molar-refractivity contribution < 1.29 is 18.0 Å². The Morgan fingerprint density at radius 3 is 2.78 bits per heavy atom. The molecule has 0 saturated heterocycles. The van der Waals surface area contributed by atoms with Crippen LogP contribution in [0.25, 0.3) is 10.9 Å². The summed E-state index contributed by atoms with van der Waals surface area (Å²) in [5.41, 5.74) is -0.163. The molecule has 0 aliphatic rings. The van der Waals surface area contributed by atoms with Gasteiger partial charge in [-0.3, -0.25) is 9.59 Å². The number of rotatable bonds is 6. The molecule has 6 nitrogen and oxygen atoms in total. The summed E-state index contributed by atoms with van der Waals surface area (Å²) in [5.74, 6) is -3.77. The molecule has 0 spiro atoms. The number of nitrogens with one attached hydrogen (secondary N) is 1. The smallest absolute Gasteiger partial charge is 0.288 e. The highest BCUT2D eigenvalue weighted by molar-refractivity contribution is 7.99. The van der Waals surface area contributed by atoms with Crippen molar-refractivity contribution >= 4 is 28.6 Å². The van der Waals surface area contributed by atoms with Crippen LogP contribution in [-0.4, -0.2) is 33.2 Å². The summed E-state index contributed by atoms with van der Waals surface area (Å²) in [7, 11) is 0. The van der Waals surface area contributed by atoms with Crippen LogP contribution in [0.1, 0.15) is 10.4 Å². The van der Waals surface area contributed by atoms with Crippen LogP contribution in [0.5, 0.6) is 0 Å². The zero-order chi connectivity index (χ0) is 19.4. The lowest BCUT2D eigenvalue weighted by Gasteiger charge is -2.10. The molecule has 0 unspecified atom stereocenters. The van der Waals surface area contributed by atoms with Gasteiger partial charge in [0.15, 0.2) is 0 Å². The first kappa shape index (κ1) is 18.9. The summed E-state index contributed by atoms with van der Waals surface area (Å²) in [6, 6.07) is 9.59. The van der Waals surface area contributed by atoms with Gasteiger partial charge in [0.05, 0.1) is 17.5 Å². The van der Waals surface area contributed by atoms with E-state index in [1.165, 1.54) is 24.3 Å². The van der Waals surface area contributed by atoms with E-state index < -0.39 is 23.0 Å². The van der Waals surface area contributed by atoms with E-state index in [2.05, 4.69) is 15.6 Å². The number of halogens is 3. The lowest BCUT2D eigenvalue weighted by molar-refractivity contribution is 0.0948. The SMILES string of the molecule is O=C(NCCn1nnc2ccc(F)cc2c1=O)c1ccccc1SC(F)F. The van der Waals surface area contributed by atoms with Crippen molar-refractivity contribution in [3.05, 3.63) is 64.2 Å². The standard InChI is InChI=1S/C17H13F3N4O2S/c18-10-5-6-13-12(9-10)16(26)24(23-22-13)8-7-21-15(25)11-3-1-2-4-14(11)27-17(19)20/h1-6,9,17H,7-8H2,(H,21,25). The van der Waals surface area contributed by atoms with Gasteiger partial charge < -0.3 is 5.32 Å². The molecule has 2 aromatic carbocycles. The van der Waals surface area contributed by atoms with E-state index >= 15 is 0 Å². The van der Waals surface area contributed by atoms with Crippen LogP contribution >= 0.6 is 11.8 Å². The Bertz CT molecular complexity index is 1040. The van der Waals surface area contributed by atoms with Crippen LogP contribution in [0.3, 0.4) is 0 Å². The molecule has 3 aromatic rings. The summed E-state index contributed by atoms with van der Waals surface area (Å²) in [4.78, 5) is 24.7. The van der Waals surface area contributed by atoms with Crippen molar-refractivity contribution in [3.63, 3.8) is 0 Å². The zero-order valence-electron chi connectivity index (χ0n) is 13.7. The summed E-state index contributed by atoms with van der Waals surface area (Å²) in [6.07, 6.45) is 0. The zero-order valence-corrected chi connectivity index (χ0v) is 14.5. The van der Waals surface area contributed by atoms with Crippen molar-refractivity contribution in [2.45, 2.75) is 17.2 Å². The Kier molecular flexibility index (Phi) is 5.75. The Morgan fingerprint density at radius 1 is 1.22 bits per heavy atom. The van der Waals surface area contributed by atoms with Crippen molar-refractivity contribution in [3.8, 4) is 0 Å². The fourth-order valence-corrected chi connectivity index (χ4v) is 3.06. The van der Waals surface area contributed by atoms with Gasteiger partial charge in [-0.1, -0.05) is 29.1 Å². The highest BCUT2D eigenvalue weighted by Crippen LogP contribution is 2.28. The first-order valence-electron chi connectivity index (χ1n) is 7.81. The lowest BCUT2D eigenvalue weighted by Crippen LogP contribution is -2.32. The first-order chi connectivity index (χ1) is 13.0. The normalized spacial score (nSPS) is 11.1. The Morgan fingerprint density at radius 2 is 2.00 bits per heavy atom. The van der Waals surface area contributed by atoms with E-state index in [9.17, 15) is 22.8 Å². The molecular weight excluding hydrogens is 381 g/mol. The van der Waals surface area contributed by atoms with Crippen LogP contribution < -0.4 is 10.9 Å². The summed E-state index contributed by atoms with van der Waals surface area (Å²) in [5, 5.41) is 10.2. The van der Waals surface area contributed by atoms with Gasteiger partial charge in [0, 0.05) is 11.4 Å². The maximum absolute atomic E-state index is 13.3. The number of carbonyl (C=O) groups is 1. The third kappa shape index (κ3) is 4.45. The lowest BCUT2D eigenvalue weighted by atomic mass is 10.2. The number of hydrogen-bond donors (Lipinski definition) is 1. The topological polar surface area (TPSA) is 76.9 Å². The third-order valence-electron chi connectivity index (χ3n) is 3.64. The number of aromatic nitrogens is 3. The van der Waals surface area contributed by atoms with Gasteiger partial charge in [-0.25, -0.2) is 9.07 Å². The molecule has 0 saturated carbocycles. The average molecular weight is 394 g/mol. The van der Waals surface area contributed by atoms with E-state index in [1.54, 1.807) is 12.1 Å². The van der Waals surface area contributed by atoms with Gasteiger partial charge in [-0.2, -0.15) is 8.78 Å². The minimum Gasteiger partial charge on any atom is -0.350 e. The molecule has 0 atom stereocenters. The molecule has 140 valence electrons. The van der Waals surface area contributed by atoms with E-state index in [-0.39, 0.29) is 46.2 Å². The molecule has 3 rings (SSSR count). The Balaban J connectivity index is 1.70. The molecule has 1 heterocycles. The van der Waals surface area contributed by atoms with Gasteiger partial charge in [0.2, 0.25) is 0 Å². The first-order valence-corrected chi connectivity index (χ1v) is 8.69. The highest BCUT2D eigenvalue weighted by atomic mass is 32.2. The van der Waals surface area contributed by atoms with Crippen molar-refractivity contribution in [1.82, 2.24) is 20.3 Å². The summed E-state index contributed by atoms with van der Waals surface area (Å²) in [6.45, 7) is 0.0100. The van der Waals surface area contributed by atoms with Gasteiger partial charge in [-0.15, -0.1) is 5.10 Å². The van der Waals surface area contributed by atoms with Gasteiger partial charge in [-0.05, 0) is 30.3 Å². The molecule has 0 radical (unpaired) electrons. The molecule has 1 aromatic heterocycles. The fraction of sp³-hybridized carbons (Fsp3) is 0.176. The predicted octanol–water partition coefficient (Wildman–Crippen LogP) is 2.68. The van der Waals surface area contributed by atoms with Gasteiger partial charge in [0.25, 0.3) is 17.2 Å². The predicted molar refractivity (Wildman–Crippen MR) is 94.4 cm³/mol. The molecule has 27 heavy (non-hydrogen) atoms. The maximum Gasteiger partial charge on any atom is 0.288 e. The monoisotopic (exact) mass is 394 g/mol. The fourth-order valence-electron chi connectivity index (χ4n) is 2.42. The van der Waals surface area contributed by atoms with Crippen molar-refractivity contribution in [1.29, 1.82) is 0 Å². The van der Waals surface area contributed by atoms with Crippen LogP contribution in [0.4, 0.5) is 13.2 Å². The summed E-state index contributed by atoms with van der Waals surface area (Å²) < 4.78 is 39.5. The number of benzene rings is 2. The second kappa shape index (κ2) is 8.21. The maximum atomic E-state index is 13.3. The third-order valence-corrected chi connectivity index (χ3v) is 4.43. The average Bonchev–Trinajstić information content (AvgIpc) is 2.64. The van der Waals surface area contributed by atoms with Crippen molar-refractivity contribution in [2.24, 2.45) is 0 Å². The summed E-state index contributed by atoms with van der Waals surface area (Å²) >= 11 is 0.281. The number of nitrogens with zero attached hydrogens (tertiary/aromatic N) is 3. The van der Waals surface area contributed by atoms with Gasteiger partial charge in [0.1, 0.15) is 11.3 Å². The van der Waals surface area contributed by atoms with E-state index in [1.807, 2.05) is 0 Å². The van der Waals surface area contributed by atoms with Crippen LogP contribution in [0, 0.1) is 5.82 Å². The number of alkyl halides is 2. The van der Waals surface area contributed by atoms with Crippen molar-refractivity contribution in [2.75, 3.05) is 6.54 Å². The van der Waals surface area contributed by atoms with Gasteiger partial charge >= 0.3 is 0 Å². The molecular formula is C17H13F3N4O2S. The molecule has 0 aliphatic carbocycles. The number of thioether (sulfide) groups is 1. The second-order valence-electron chi connectivity index (χ2n) is 5.41. The quantitative estimate of drug-likeness (QED) is 0.651. The molecule has 0 aliphatic heterocycles. The molecule has 0 fully saturated rings. The number of amides is 1. The Hall–Kier alpha value is -2.88. The molecule has 1 N–H and O–H groups in total. The van der Waals surface area contributed by atoms with Crippen LogP contribution in [-0.2, 0) is 6.54 Å². The van der Waals surface area contributed by atoms with Crippen LogP contribution in [0.15, 0.2) is 52.2 Å². The van der Waals surface area contributed by atoms with Crippen LogP contribution in [0.2, 0.25) is 0 Å². The number of carbonyl (C=O) groups excluding carboxylic acids is 1. The Labute approximate surface area is 155 Å². The minimum absolute atomic E-state index is 0.00577. The molecule has 10 heteroatoms. The second-order valence-corrected chi connectivity index (χ2v) is 6.44.